The molecule has 0 radical (unpaired) electrons. The molecule has 0 aliphatic heterocycles. The molecule has 0 fully saturated rings. The monoisotopic (exact) mass is 330 g/mol. The smallest absolute Gasteiger partial charge is 0.137 e. The first-order valence-electron chi connectivity index (χ1n) is 7.02. The van der Waals surface area contributed by atoms with Crippen LogP contribution in [0.5, 0.6) is 0 Å². The van der Waals surface area contributed by atoms with E-state index in [1.165, 1.54) is 25.3 Å². The quantitative estimate of drug-likeness (QED) is 0.554. The van der Waals surface area contributed by atoms with E-state index < -0.39 is 0 Å². The Morgan fingerprint density at radius 1 is 1.37 bits per heavy atom. The molecule has 1 aromatic carbocycles. The average Bonchev–Trinajstić information content (AvgIpc) is 2.42. The number of benzene rings is 1. The number of hydrogen-bond acceptors (Lipinski definition) is 2. The molecule has 0 saturated heterocycles. The predicted octanol–water partition coefficient (Wildman–Crippen LogP) is 4.18. The number of nitrogens with one attached hydrogen (secondary N) is 1. The Morgan fingerprint density at radius 3 is 2.63 bits per heavy atom. The summed E-state index contributed by atoms with van der Waals surface area (Å²) in [7, 11) is 0. The molecule has 3 N–H and O–H groups in total. The number of hydrazine groups is 1. The summed E-state index contributed by atoms with van der Waals surface area (Å²) in [5.74, 6) is 6.04. The van der Waals surface area contributed by atoms with Gasteiger partial charge in [-0.15, -0.1) is 0 Å². The summed E-state index contributed by atoms with van der Waals surface area (Å²) in [5.41, 5.74) is 4.04. The van der Waals surface area contributed by atoms with Crippen LogP contribution < -0.4 is 11.3 Å². The van der Waals surface area contributed by atoms with E-state index in [1.807, 2.05) is 12.1 Å². The SMILES string of the molecule is CCCCC(CC)C(Cc1ccc(F)c(Br)c1)NN. The van der Waals surface area contributed by atoms with Gasteiger partial charge in [0.15, 0.2) is 0 Å². The Hall–Kier alpha value is -0.450. The summed E-state index contributed by atoms with van der Waals surface area (Å²) in [4.78, 5) is 0. The molecule has 0 spiro atoms. The highest BCUT2D eigenvalue weighted by molar-refractivity contribution is 9.10. The third-order valence-electron chi connectivity index (χ3n) is 3.68. The molecular weight excluding hydrogens is 307 g/mol. The highest BCUT2D eigenvalue weighted by Crippen LogP contribution is 2.22. The molecule has 19 heavy (non-hydrogen) atoms. The molecule has 2 unspecified atom stereocenters. The maximum atomic E-state index is 13.2. The van der Waals surface area contributed by atoms with Crippen molar-refractivity contribution in [3.05, 3.63) is 34.1 Å². The van der Waals surface area contributed by atoms with Gasteiger partial charge in [-0.05, 0) is 52.4 Å². The zero-order valence-corrected chi connectivity index (χ0v) is 13.3. The molecule has 4 heteroatoms. The van der Waals surface area contributed by atoms with E-state index in [-0.39, 0.29) is 11.9 Å². The van der Waals surface area contributed by atoms with Gasteiger partial charge in [0, 0.05) is 6.04 Å². The summed E-state index contributed by atoms with van der Waals surface area (Å²) in [6.07, 6.45) is 5.55. The van der Waals surface area contributed by atoms with Crippen LogP contribution in [0, 0.1) is 11.7 Å². The van der Waals surface area contributed by atoms with Gasteiger partial charge >= 0.3 is 0 Å². The maximum absolute atomic E-state index is 13.2. The zero-order valence-electron chi connectivity index (χ0n) is 11.8. The maximum Gasteiger partial charge on any atom is 0.137 e. The molecule has 0 aliphatic carbocycles. The number of rotatable bonds is 8. The van der Waals surface area contributed by atoms with Crippen molar-refractivity contribution in [2.75, 3.05) is 0 Å². The lowest BCUT2D eigenvalue weighted by molar-refractivity contribution is 0.318. The van der Waals surface area contributed by atoms with Crippen molar-refractivity contribution in [1.82, 2.24) is 5.43 Å². The van der Waals surface area contributed by atoms with E-state index in [4.69, 9.17) is 5.84 Å². The molecule has 1 aromatic rings. The van der Waals surface area contributed by atoms with Crippen molar-refractivity contribution in [1.29, 1.82) is 0 Å². The van der Waals surface area contributed by atoms with Crippen LogP contribution >= 0.6 is 15.9 Å². The van der Waals surface area contributed by atoms with Gasteiger partial charge in [0.25, 0.3) is 0 Å². The largest absolute Gasteiger partial charge is 0.271 e. The second kappa shape index (κ2) is 8.67. The molecule has 108 valence electrons. The second-order valence-corrected chi connectivity index (χ2v) is 5.89. The van der Waals surface area contributed by atoms with Crippen LogP contribution in [0.3, 0.4) is 0 Å². The van der Waals surface area contributed by atoms with E-state index in [0.717, 1.165) is 18.4 Å². The first kappa shape index (κ1) is 16.6. The van der Waals surface area contributed by atoms with Crippen molar-refractivity contribution < 1.29 is 4.39 Å². The minimum absolute atomic E-state index is 0.223. The predicted molar refractivity (Wildman–Crippen MR) is 82.2 cm³/mol. The molecule has 0 aliphatic rings. The third kappa shape index (κ3) is 5.21. The first-order chi connectivity index (χ1) is 9.12. The Kier molecular flexibility index (Phi) is 7.57. The topological polar surface area (TPSA) is 38.0 Å². The van der Waals surface area contributed by atoms with Crippen molar-refractivity contribution in [3.8, 4) is 0 Å². The Balaban J connectivity index is 2.70. The lowest BCUT2D eigenvalue weighted by Crippen LogP contribution is -2.42. The highest BCUT2D eigenvalue weighted by Gasteiger charge is 2.19. The lowest BCUT2D eigenvalue weighted by atomic mass is 9.88. The van der Waals surface area contributed by atoms with Crippen LogP contribution in [-0.4, -0.2) is 6.04 Å². The summed E-state index contributed by atoms with van der Waals surface area (Å²) < 4.78 is 13.7. The van der Waals surface area contributed by atoms with Gasteiger partial charge in [-0.2, -0.15) is 0 Å². The molecule has 1 rings (SSSR count). The fraction of sp³-hybridized carbons (Fsp3) is 0.600. The molecule has 0 heterocycles. The average molecular weight is 331 g/mol. The number of halogens is 2. The molecule has 0 bridgehead atoms. The van der Waals surface area contributed by atoms with Gasteiger partial charge < -0.3 is 0 Å². The molecule has 2 atom stereocenters. The van der Waals surface area contributed by atoms with Crippen molar-refractivity contribution in [3.63, 3.8) is 0 Å². The van der Waals surface area contributed by atoms with Crippen LogP contribution in [-0.2, 0) is 6.42 Å². The van der Waals surface area contributed by atoms with Gasteiger partial charge in [0.2, 0.25) is 0 Å². The highest BCUT2D eigenvalue weighted by atomic mass is 79.9. The number of nitrogens with two attached hydrogens (primary N) is 1. The summed E-state index contributed by atoms with van der Waals surface area (Å²) in [6.45, 7) is 4.40. The zero-order chi connectivity index (χ0) is 14.3. The minimum Gasteiger partial charge on any atom is -0.271 e. The normalized spacial score (nSPS) is 14.4. The van der Waals surface area contributed by atoms with Crippen LogP contribution in [0.1, 0.15) is 45.1 Å². The van der Waals surface area contributed by atoms with Gasteiger partial charge in [0.05, 0.1) is 4.47 Å². The van der Waals surface area contributed by atoms with Crippen LogP contribution in [0.4, 0.5) is 4.39 Å². The first-order valence-corrected chi connectivity index (χ1v) is 7.81. The summed E-state index contributed by atoms with van der Waals surface area (Å²) in [6, 6.07) is 5.41. The number of hydrogen-bond donors (Lipinski definition) is 2. The van der Waals surface area contributed by atoms with E-state index in [1.54, 1.807) is 0 Å². The van der Waals surface area contributed by atoms with Gasteiger partial charge in [-0.1, -0.05) is 39.2 Å². The standard InChI is InChI=1S/C15H24BrFN2/c1-3-5-6-12(4-2)15(19-18)10-11-7-8-14(17)13(16)9-11/h7-9,12,15,19H,3-6,10,18H2,1-2H3. The summed E-state index contributed by atoms with van der Waals surface area (Å²) in [5, 5.41) is 0. The molecular formula is C15H24BrFN2. The molecule has 0 amide bonds. The Bertz CT molecular complexity index is 384. The van der Waals surface area contributed by atoms with Gasteiger partial charge in [0.1, 0.15) is 5.82 Å². The fourth-order valence-corrected chi connectivity index (χ4v) is 2.86. The second-order valence-electron chi connectivity index (χ2n) is 5.04. The van der Waals surface area contributed by atoms with Crippen LogP contribution in [0.25, 0.3) is 0 Å². The van der Waals surface area contributed by atoms with E-state index >= 15 is 0 Å². The fourth-order valence-electron chi connectivity index (χ4n) is 2.44. The Labute approximate surface area is 124 Å². The van der Waals surface area contributed by atoms with Gasteiger partial charge in [-0.25, -0.2) is 4.39 Å². The van der Waals surface area contributed by atoms with E-state index in [0.29, 0.717) is 10.4 Å². The third-order valence-corrected chi connectivity index (χ3v) is 4.28. The molecule has 2 nitrogen and oxygen atoms in total. The minimum atomic E-state index is -0.223. The molecule has 0 aromatic heterocycles. The lowest BCUT2D eigenvalue weighted by Gasteiger charge is -2.26. The Morgan fingerprint density at radius 2 is 2.11 bits per heavy atom. The van der Waals surface area contributed by atoms with E-state index in [9.17, 15) is 4.39 Å². The van der Waals surface area contributed by atoms with Crippen LogP contribution in [0.2, 0.25) is 0 Å². The van der Waals surface area contributed by atoms with E-state index in [2.05, 4.69) is 35.2 Å². The van der Waals surface area contributed by atoms with Crippen LogP contribution in [0.15, 0.2) is 22.7 Å². The van der Waals surface area contributed by atoms with Crippen molar-refractivity contribution in [2.45, 2.75) is 52.0 Å². The van der Waals surface area contributed by atoms with Gasteiger partial charge in [-0.3, -0.25) is 11.3 Å². The number of unbranched alkanes of at least 4 members (excludes halogenated alkanes) is 1. The summed E-state index contributed by atoms with van der Waals surface area (Å²) >= 11 is 3.23. The van der Waals surface area contributed by atoms with Crippen molar-refractivity contribution in [2.24, 2.45) is 11.8 Å². The van der Waals surface area contributed by atoms with Crippen molar-refractivity contribution >= 4 is 15.9 Å². The molecule has 0 saturated carbocycles.